The normalized spacial score (nSPS) is 11.5. The van der Waals surface area contributed by atoms with E-state index in [1.807, 2.05) is 36.4 Å². The molecule has 8 nitrogen and oxygen atoms in total. The lowest BCUT2D eigenvalue weighted by Crippen LogP contribution is -2.30. The summed E-state index contributed by atoms with van der Waals surface area (Å²) < 4.78 is 34.3. The van der Waals surface area contributed by atoms with E-state index in [-0.39, 0.29) is 23.6 Å². The van der Waals surface area contributed by atoms with Crippen molar-refractivity contribution in [2.75, 3.05) is 18.0 Å². The number of pyridine rings is 1. The van der Waals surface area contributed by atoms with Crippen LogP contribution in [0.2, 0.25) is 0 Å². The zero-order valence-electron chi connectivity index (χ0n) is 19.0. The number of rotatable bonds is 9. The molecule has 0 fully saturated rings. The zero-order chi connectivity index (χ0) is 24.1. The minimum absolute atomic E-state index is 0.0446. The van der Waals surface area contributed by atoms with Crippen LogP contribution in [-0.2, 0) is 27.8 Å². The molecule has 0 aliphatic rings. The fraction of sp³-hybridized carbons (Fsp3) is 0.200. The van der Waals surface area contributed by atoms with Crippen molar-refractivity contribution in [1.82, 2.24) is 14.8 Å². The third-order valence-electron chi connectivity index (χ3n) is 5.45. The van der Waals surface area contributed by atoms with E-state index in [4.69, 9.17) is 4.74 Å². The lowest BCUT2D eigenvalue weighted by molar-refractivity contribution is 0.180. The molecule has 0 saturated heterocycles. The molecule has 1 N–H and O–H groups in total. The fourth-order valence-electron chi connectivity index (χ4n) is 3.79. The summed E-state index contributed by atoms with van der Waals surface area (Å²) in [6.45, 7) is 2.28. The number of hydrogen-bond acceptors (Lipinski definition) is 5. The van der Waals surface area contributed by atoms with Gasteiger partial charge in [-0.25, -0.2) is 18.1 Å². The standard InChI is InChI=1S/C25H26N4O4S/c1-3-28(20-12-8-5-9-13-20)34(31,32)21-14-15-24(26-17-21)29-25(30)22(23(27-29)18-33-2)16-19-10-6-4-7-11-19/h4-15,17,27H,3,16,18H2,1-2H3. The Bertz CT molecular complexity index is 1400. The van der Waals surface area contributed by atoms with Crippen molar-refractivity contribution in [1.29, 1.82) is 0 Å². The highest BCUT2D eigenvalue weighted by Crippen LogP contribution is 2.23. The second kappa shape index (κ2) is 10.1. The van der Waals surface area contributed by atoms with Crippen LogP contribution in [0.15, 0.2) is 88.7 Å². The van der Waals surface area contributed by atoms with Gasteiger partial charge in [-0.1, -0.05) is 48.5 Å². The summed E-state index contributed by atoms with van der Waals surface area (Å²) in [5.74, 6) is 0.295. The van der Waals surface area contributed by atoms with E-state index in [1.165, 1.54) is 27.3 Å². The van der Waals surface area contributed by atoms with Crippen LogP contribution in [0.5, 0.6) is 0 Å². The summed E-state index contributed by atoms with van der Waals surface area (Å²) in [5, 5.41) is 3.06. The first-order valence-corrected chi connectivity index (χ1v) is 12.3. The second-order valence-corrected chi connectivity index (χ2v) is 9.52. The quantitative estimate of drug-likeness (QED) is 0.397. The molecule has 0 radical (unpaired) electrons. The lowest BCUT2D eigenvalue weighted by Gasteiger charge is -2.22. The van der Waals surface area contributed by atoms with Crippen molar-refractivity contribution in [3.05, 3.63) is 106 Å². The minimum Gasteiger partial charge on any atom is -0.378 e. The van der Waals surface area contributed by atoms with Crippen LogP contribution in [0.25, 0.3) is 5.82 Å². The predicted molar refractivity (Wildman–Crippen MR) is 131 cm³/mol. The number of aromatic amines is 1. The number of methoxy groups -OCH3 is 1. The van der Waals surface area contributed by atoms with Crippen molar-refractivity contribution in [3.8, 4) is 5.82 Å². The van der Waals surface area contributed by atoms with Crippen molar-refractivity contribution >= 4 is 15.7 Å². The average Bonchev–Trinajstić information content (AvgIpc) is 3.16. The first kappa shape index (κ1) is 23.5. The number of anilines is 1. The van der Waals surface area contributed by atoms with E-state index in [0.717, 1.165) is 5.56 Å². The van der Waals surface area contributed by atoms with Gasteiger partial charge >= 0.3 is 0 Å². The Hall–Kier alpha value is -3.69. The van der Waals surface area contributed by atoms with Gasteiger partial charge in [0.15, 0.2) is 5.82 Å². The van der Waals surface area contributed by atoms with Crippen LogP contribution in [0.4, 0.5) is 5.69 Å². The smallest absolute Gasteiger partial charge is 0.276 e. The van der Waals surface area contributed by atoms with Gasteiger partial charge in [0.05, 0.1) is 18.0 Å². The molecule has 0 aliphatic carbocycles. The van der Waals surface area contributed by atoms with Gasteiger partial charge in [-0.3, -0.25) is 14.2 Å². The van der Waals surface area contributed by atoms with Gasteiger partial charge in [-0.05, 0) is 36.8 Å². The van der Waals surface area contributed by atoms with Crippen molar-refractivity contribution in [2.24, 2.45) is 0 Å². The molecule has 0 aliphatic heterocycles. The average molecular weight is 479 g/mol. The molecule has 2 aromatic heterocycles. The van der Waals surface area contributed by atoms with E-state index < -0.39 is 10.0 Å². The largest absolute Gasteiger partial charge is 0.378 e. The van der Waals surface area contributed by atoms with Crippen LogP contribution in [0.1, 0.15) is 23.7 Å². The fourth-order valence-corrected chi connectivity index (χ4v) is 5.21. The van der Waals surface area contributed by atoms with Gasteiger partial charge in [-0.2, -0.15) is 0 Å². The Morgan fingerprint density at radius 3 is 2.26 bits per heavy atom. The molecule has 0 bridgehead atoms. The number of aromatic nitrogens is 3. The molecule has 34 heavy (non-hydrogen) atoms. The molecule has 0 unspecified atom stereocenters. The molecule has 4 aromatic rings. The summed E-state index contributed by atoms with van der Waals surface area (Å²) in [4.78, 5) is 17.5. The summed E-state index contributed by atoms with van der Waals surface area (Å²) in [7, 11) is -2.25. The summed E-state index contributed by atoms with van der Waals surface area (Å²) in [6, 6.07) is 21.6. The number of benzene rings is 2. The van der Waals surface area contributed by atoms with Gasteiger partial charge in [0.25, 0.3) is 15.6 Å². The molecule has 9 heteroatoms. The summed E-state index contributed by atoms with van der Waals surface area (Å²) in [6.07, 6.45) is 1.72. The highest BCUT2D eigenvalue weighted by molar-refractivity contribution is 7.92. The van der Waals surface area contributed by atoms with Crippen molar-refractivity contribution < 1.29 is 13.2 Å². The van der Waals surface area contributed by atoms with E-state index in [0.29, 0.717) is 29.2 Å². The second-order valence-electron chi connectivity index (χ2n) is 7.66. The molecular formula is C25H26N4O4S. The zero-order valence-corrected chi connectivity index (χ0v) is 19.8. The molecule has 176 valence electrons. The molecular weight excluding hydrogens is 452 g/mol. The van der Waals surface area contributed by atoms with E-state index in [9.17, 15) is 13.2 Å². The number of nitrogens with one attached hydrogen (secondary N) is 1. The number of hydrogen-bond donors (Lipinski definition) is 1. The Morgan fingerprint density at radius 2 is 1.68 bits per heavy atom. The third kappa shape index (κ3) is 4.66. The van der Waals surface area contributed by atoms with Crippen LogP contribution in [0, 0.1) is 0 Å². The van der Waals surface area contributed by atoms with Gasteiger partial charge in [-0.15, -0.1) is 0 Å². The molecule has 2 heterocycles. The van der Waals surface area contributed by atoms with Crippen LogP contribution >= 0.6 is 0 Å². The van der Waals surface area contributed by atoms with Crippen LogP contribution in [-0.4, -0.2) is 36.8 Å². The number of ether oxygens (including phenoxy) is 1. The highest BCUT2D eigenvalue weighted by atomic mass is 32.2. The lowest BCUT2D eigenvalue weighted by atomic mass is 10.1. The summed E-state index contributed by atoms with van der Waals surface area (Å²) >= 11 is 0. The minimum atomic E-state index is -3.81. The topological polar surface area (TPSA) is 97.3 Å². The maximum absolute atomic E-state index is 13.2. The van der Waals surface area contributed by atoms with Gasteiger partial charge in [0, 0.05) is 31.8 Å². The molecule has 0 saturated carbocycles. The molecule has 0 amide bonds. The van der Waals surface area contributed by atoms with E-state index in [1.54, 1.807) is 38.3 Å². The maximum atomic E-state index is 13.2. The van der Waals surface area contributed by atoms with Crippen molar-refractivity contribution in [2.45, 2.75) is 24.8 Å². The monoisotopic (exact) mass is 478 g/mol. The third-order valence-corrected chi connectivity index (χ3v) is 7.34. The first-order valence-electron chi connectivity index (χ1n) is 10.9. The van der Waals surface area contributed by atoms with Crippen molar-refractivity contribution in [3.63, 3.8) is 0 Å². The van der Waals surface area contributed by atoms with Crippen LogP contribution < -0.4 is 9.86 Å². The van der Waals surface area contributed by atoms with E-state index >= 15 is 0 Å². The van der Waals surface area contributed by atoms with Gasteiger partial charge in [0.1, 0.15) is 4.90 Å². The van der Waals surface area contributed by atoms with Crippen LogP contribution in [0.3, 0.4) is 0 Å². The number of para-hydroxylation sites is 1. The molecule has 4 rings (SSSR count). The predicted octanol–water partition coefficient (Wildman–Crippen LogP) is 3.51. The molecule has 0 atom stereocenters. The number of nitrogens with zero attached hydrogens (tertiary/aromatic N) is 3. The Kier molecular flexibility index (Phi) is 6.95. The summed E-state index contributed by atoms with van der Waals surface area (Å²) in [5.41, 5.74) is 2.55. The van der Waals surface area contributed by atoms with Gasteiger partial charge in [0.2, 0.25) is 0 Å². The maximum Gasteiger partial charge on any atom is 0.276 e. The molecule has 0 spiro atoms. The SMILES string of the molecule is CCN(c1ccccc1)S(=O)(=O)c1ccc(-n2[nH]c(COC)c(Cc3ccccc3)c2=O)nc1. The first-order chi connectivity index (χ1) is 16.5. The number of H-pyrrole nitrogens is 1. The Labute approximate surface area is 198 Å². The van der Waals surface area contributed by atoms with E-state index in [2.05, 4.69) is 10.1 Å². The Balaban J connectivity index is 1.68. The molecule has 2 aromatic carbocycles. The number of sulfonamides is 1. The van der Waals surface area contributed by atoms with Gasteiger partial charge < -0.3 is 4.74 Å². The highest BCUT2D eigenvalue weighted by Gasteiger charge is 2.24. The Morgan fingerprint density at radius 1 is 1.00 bits per heavy atom.